The Morgan fingerprint density at radius 2 is 1.62 bits per heavy atom. The molecule has 9 heteroatoms. The first-order chi connectivity index (χ1) is 15.5. The van der Waals surface area contributed by atoms with Gasteiger partial charge < -0.3 is 24.0 Å². The van der Waals surface area contributed by atoms with Crippen LogP contribution in [0, 0.1) is 6.92 Å². The zero-order valence-electron chi connectivity index (χ0n) is 18.9. The van der Waals surface area contributed by atoms with E-state index in [0.29, 0.717) is 73.5 Å². The molecule has 0 N–H and O–H groups in total. The van der Waals surface area contributed by atoms with Gasteiger partial charge in [-0.25, -0.2) is 9.97 Å². The molecule has 4 rings (SSSR count). The van der Waals surface area contributed by atoms with Gasteiger partial charge in [0.15, 0.2) is 17.3 Å². The van der Waals surface area contributed by atoms with Crippen LogP contribution in [0.2, 0.25) is 0 Å². The quantitative estimate of drug-likeness (QED) is 0.630. The van der Waals surface area contributed by atoms with E-state index in [-0.39, 0.29) is 11.7 Å². The lowest BCUT2D eigenvalue weighted by molar-refractivity contribution is -0.118. The molecule has 1 atom stereocenters. The number of carbonyl (C=O) groups is 2. The van der Waals surface area contributed by atoms with Gasteiger partial charge in [0.05, 0.1) is 38.3 Å². The van der Waals surface area contributed by atoms with Crippen molar-refractivity contribution >= 4 is 18.1 Å². The molecule has 1 saturated heterocycles. The van der Waals surface area contributed by atoms with Crippen LogP contribution in [0.4, 0.5) is 5.95 Å². The molecule has 1 fully saturated rings. The summed E-state index contributed by atoms with van der Waals surface area (Å²) in [5.74, 6) is 2.25. The molecule has 2 heterocycles. The molecule has 2 aromatic rings. The normalized spacial score (nSPS) is 18.2. The van der Waals surface area contributed by atoms with E-state index < -0.39 is 0 Å². The van der Waals surface area contributed by atoms with Crippen molar-refractivity contribution in [2.75, 3.05) is 52.4 Å². The number of amides is 1. The molecule has 1 amide bonds. The van der Waals surface area contributed by atoms with E-state index in [2.05, 4.69) is 9.88 Å². The zero-order chi connectivity index (χ0) is 22.8. The Kier molecular flexibility index (Phi) is 6.16. The van der Waals surface area contributed by atoms with Crippen molar-refractivity contribution in [3.63, 3.8) is 0 Å². The lowest BCUT2D eigenvalue weighted by Gasteiger charge is -2.33. The van der Waals surface area contributed by atoms with Gasteiger partial charge in [-0.05, 0) is 37.0 Å². The van der Waals surface area contributed by atoms with Crippen LogP contribution in [-0.2, 0) is 11.2 Å². The Hall–Kier alpha value is -3.36. The standard InChI is InChI=1S/C23H28N4O5/c1-14-21-17(25-23(24-14)27-7-5-26(13-28)6-8-27)9-15(10-18(21)29)16-11-19(30-2)22(32-4)20(12-16)31-3/h11-13,15H,5-10H2,1-4H3/t15-/m0/s1. The second kappa shape index (κ2) is 9.02. The number of fused-ring (bicyclic) bond motifs is 1. The molecule has 1 aromatic carbocycles. The Balaban J connectivity index is 1.66. The monoisotopic (exact) mass is 440 g/mol. The Bertz CT molecular complexity index is 1010. The summed E-state index contributed by atoms with van der Waals surface area (Å²) in [7, 11) is 4.72. The molecule has 9 nitrogen and oxygen atoms in total. The van der Waals surface area contributed by atoms with E-state index in [4.69, 9.17) is 19.2 Å². The predicted molar refractivity (Wildman–Crippen MR) is 118 cm³/mol. The first kappa shape index (κ1) is 21.9. The maximum absolute atomic E-state index is 13.1. The molecule has 32 heavy (non-hydrogen) atoms. The topological polar surface area (TPSA) is 94.1 Å². The average Bonchev–Trinajstić information content (AvgIpc) is 2.82. The van der Waals surface area contributed by atoms with Gasteiger partial charge in [-0.15, -0.1) is 0 Å². The largest absolute Gasteiger partial charge is 0.493 e. The lowest BCUT2D eigenvalue weighted by atomic mass is 9.81. The van der Waals surface area contributed by atoms with Crippen LogP contribution in [0.1, 0.15) is 39.6 Å². The highest BCUT2D eigenvalue weighted by atomic mass is 16.5. The molecule has 0 spiro atoms. The molecule has 1 aromatic heterocycles. The maximum Gasteiger partial charge on any atom is 0.225 e. The summed E-state index contributed by atoms with van der Waals surface area (Å²) in [4.78, 5) is 37.3. The third-order valence-electron chi connectivity index (χ3n) is 6.21. The summed E-state index contributed by atoms with van der Waals surface area (Å²) in [6.07, 6.45) is 1.86. The number of nitrogens with zero attached hydrogens (tertiary/aromatic N) is 4. The van der Waals surface area contributed by atoms with Crippen molar-refractivity contribution < 1.29 is 23.8 Å². The number of rotatable bonds is 6. The minimum Gasteiger partial charge on any atom is -0.493 e. The summed E-state index contributed by atoms with van der Waals surface area (Å²) in [6, 6.07) is 3.80. The number of piperazine rings is 1. The number of carbonyl (C=O) groups excluding carboxylic acids is 2. The Labute approximate surface area is 187 Å². The molecule has 170 valence electrons. The van der Waals surface area contributed by atoms with Crippen molar-refractivity contribution in [1.29, 1.82) is 0 Å². The maximum atomic E-state index is 13.1. The van der Waals surface area contributed by atoms with Crippen molar-refractivity contribution in [2.45, 2.75) is 25.7 Å². The molecule has 1 aliphatic heterocycles. The summed E-state index contributed by atoms with van der Waals surface area (Å²) >= 11 is 0. The molecule has 0 saturated carbocycles. The summed E-state index contributed by atoms with van der Waals surface area (Å²) in [5, 5.41) is 0. The van der Waals surface area contributed by atoms with Crippen LogP contribution < -0.4 is 19.1 Å². The van der Waals surface area contributed by atoms with Crippen molar-refractivity contribution in [2.24, 2.45) is 0 Å². The SMILES string of the molecule is COc1cc([C@@H]2CC(=O)c3c(C)nc(N4CCN(C=O)CC4)nc3C2)cc(OC)c1OC. The molecule has 0 unspecified atom stereocenters. The number of ether oxygens (including phenoxy) is 3. The number of benzene rings is 1. The van der Waals surface area contributed by atoms with E-state index in [1.807, 2.05) is 19.1 Å². The number of aryl methyl sites for hydroxylation is 1. The zero-order valence-corrected chi connectivity index (χ0v) is 18.9. The van der Waals surface area contributed by atoms with Gasteiger partial charge in [-0.3, -0.25) is 9.59 Å². The van der Waals surface area contributed by atoms with Gasteiger partial charge in [0.25, 0.3) is 0 Å². The fourth-order valence-electron chi connectivity index (χ4n) is 4.50. The molecule has 2 aliphatic rings. The molecular weight excluding hydrogens is 412 g/mol. The molecular formula is C23H28N4O5. The van der Waals surface area contributed by atoms with Crippen LogP contribution in [0.15, 0.2) is 12.1 Å². The molecule has 0 radical (unpaired) electrons. The van der Waals surface area contributed by atoms with E-state index in [0.717, 1.165) is 17.7 Å². The molecule has 0 bridgehead atoms. The lowest BCUT2D eigenvalue weighted by Crippen LogP contribution is -2.46. The van der Waals surface area contributed by atoms with E-state index >= 15 is 0 Å². The second-order valence-electron chi connectivity index (χ2n) is 8.05. The highest BCUT2D eigenvalue weighted by molar-refractivity contribution is 5.99. The van der Waals surface area contributed by atoms with Gasteiger partial charge in [-0.2, -0.15) is 0 Å². The number of anilines is 1. The van der Waals surface area contributed by atoms with Gasteiger partial charge >= 0.3 is 0 Å². The number of hydrogen-bond donors (Lipinski definition) is 0. The minimum atomic E-state index is -0.0576. The van der Waals surface area contributed by atoms with Crippen molar-refractivity contribution in [3.05, 3.63) is 34.6 Å². The summed E-state index contributed by atoms with van der Waals surface area (Å²) < 4.78 is 16.4. The number of aromatic nitrogens is 2. The van der Waals surface area contributed by atoms with Crippen LogP contribution in [0.5, 0.6) is 17.2 Å². The van der Waals surface area contributed by atoms with Crippen LogP contribution in [-0.4, -0.2) is 74.6 Å². The van der Waals surface area contributed by atoms with Gasteiger partial charge in [0.2, 0.25) is 18.1 Å². The number of Topliss-reactive ketones (excluding diaryl/α,β-unsaturated/α-hetero) is 1. The molecule has 1 aliphatic carbocycles. The van der Waals surface area contributed by atoms with E-state index in [9.17, 15) is 9.59 Å². The van der Waals surface area contributed by atoms with Crippen molar-refractivity contribution in [1.82, 2.24) is 14.9 Å². The van der Waals surface area contributed by atoms with Crippen molar-refractivity contribution in [3.8, 4) is 17.2 Å². The number of methoxy groups -OCH3 is 3. The smallest absolute Gasteiger partial charge is 0.225 e. The van der Waals surface area contributed by atoms with Crippen LogP contribution >= 0.6 is 0 Å². The number of hydrogen-bond acceptors (Lipinski definition) is 8. The third-order valence-corrected chi connectivity index (χ3v) is 6.21. The summed E-state index contributed by atoms with van der Waals surface area (Å²) in [5.41, 5.74) is 3.04. The fraction of sp³-hybridized carbons (Fsp3) is 0.478. The number of ketones is 1. The first-order valence-electron chi connectivity index (χ1n) is 10.6. The van der Waals surface area contributed by atoms with Gasteiger partial charge in [-0.1, -0.05) is 0 Å². The third kappa shape index (κ3) is 3.94. The average molecular weight is 441 g/mol. The van der Waals surface area contributed by atoms with Crippen LogP contribution in [0.3, 0.4) is 0 Å². The highest BCUT2D eigenvalue weighted by Gasteiger charge is 2.32. The summed E-state index contributed by atoms with van der Waals surface area (Å²) in [6.45, 7) is 4.47. The minimum absolute atomic E-state index is 0.0415. The first-order valence-corrected chi connectivity index (χ1v) is 10.6. The fourth-order valence-corrected chi connectivity index (χ4v) is 4.50. The van der Waals surface area contributed by atoms with Gasteiger partial charge in [0, 0.05) is 32.6 Å². The van der Waals surface area contributed by atoms with E-state index in [1.54, 1.807) is 26.2 Å². The Morgan fingerprint density at radius 1 is 0.969 bits per heavy atom. The second-order valence-corrected chi connectivity index (χ2v) is 8.05. The van der Waals surface area contributed by atoms with Gasteiger partial charge in [0.1, 0.15) is 0 Å². The predicted octanol–water partition coefficient (Wildman–Crippen LogP) is 2.00. The Morgan fingerprint density at radius 3 is 2.19 bits per heavy atom. The van der Waals surface area contributed by atoms with Crippen LogP contribution in [0.25, 0.3) is 0 Å². The van der Waals surface area contributed by atoms with E-state index in [1.165, 1.54) is 0 Å². The highest BCUT2D eigenvalue weighted by Crippen LogP contribution is 2.43.